The molecule has 0 bridgehead atoms. The average Bonchev–Trinajstić information content (AvgIpc) is 3.34. The van der Waals surface area contributed by atoms with E-state index in [0.717, 1.165) is 17.7 Å². The molecule has 3 rings (SSSR count). The summed E-state index contributed by atoms with van der Waals surface area (Å²) >= 11 is 0. The maximum atomic E-state index is 13.7. The fourth-order valence-electron chi connectivity index (χ4n) is 2.63. The van der Waals surface area contributed by atoms with Crippen molar-refractivity contribution >= 4 is 15.9 Å². The highest BCUT2D eigenvalue weighted by molar-refractivity contribution is 7.89. The summed E-state index contributed by atoms with van der Waals surface area (Å²) in [4.78, 5) is 13.7. The molecule has 1 saturated heterocycles. The van der Waals surface area contributed by atoms with Gasteiger partial charge >= 0.3 is 0 Å². The Kier molecular flexibility index (Phi) is 4.82. The highest BCUT2D eigenvalue weighted by atomic mass is 32.2. The van der Waals surface area contributed by atoms with E-state index in [-0.39, 0.29) is 29.7 Å². The predicted octanol–water partition coefficient (Wildman–Crippen LogP) is 1.54. The maximum absolute atomic E-state index is 13.7. The first-order valence-electron chi connectivity index (χ1n) is 8.06. The van der Waals surface area contributed by atoms with Crippen molar-refractivity contribution in [3.8, 4) is 0 Å². The SMILES string of the molecule is Cc1ccc(S(=O)(=O)NC2CC2)cc1C(=O)N1CCOCC(F)(F)C1. The second-order valence-electron chi connectivity index (χ2n) is 6.51. The molecule has 1 aromatic carbocycles. The molecule has 0 aromatic heterocycles. The molecule has 138 valence electrons. The smallest absolute Gasteiger partial charge is 0.288 e. The fraction of sp³-hybridized carbons (Fsp3) is 0.562. The molecule has 0 spiro atoms. The molecular weight excluding hydrogens is 354 g/mol. The maximum Gasteiger partial charge on any atom is 0.288 e. The minimum Gasteiger partial charge on any atom is -0.373 e. The topological polar surface area (TPSA) is 75.7 Å². The molecule has 1 heterocycles. The number of nitrogens with zero attached hydrogens (tertiary/aromatic N) is 1. The van der Waals surface area contributed by atoms with E-state index in [0.29, 0.717) is 5.56 Å². The standard InChI is InChI=1S/C16H20F2N2O4S/c1-11-2-5-13(25(22,23)19-12-3-4-12)8-14(11)15(21)20-6-7-24-10-16(17,18)9-20/h2,5,8,12,19H,3-4,6-7,9-10H2,1H3. The van der Waals surface area contributed by atoms with Crippen LogP contribution in [0.1, 0.15) is 28.8 Å². The number of nitrogens with one attached hydrogen (secondary N) is 1. The van der Waals surface area contributed by atoms with Gasteiger partial charge in [-0.1, -0.05) is 6.07 Å². The van der Waals surface area contributed by atoms with Gasteiger partial charge in [0.1, 0.15) is 6.61 Å². The Morgan fingerprint density at radius 2 is 2.08 bits per heavy atom. The van der Waals surface area contributed by atoms with Gasteiger partial charge in [0.25, 0.3) is 11.8 Å². The molecule has 0 atom stereocenters. The number of sulfonamides is 1. The van der Waals surface area contributed by atoms with E-state index in [1.54, 1.807) is 6.92 Å². The number of carbonyl (C=O) groups excluding carboxylic acids is 1. The van der Waals surface area contributed by atoms with Crippen LogP contribution in [0.2, 0.25) is 0 Å². The number of halogens is 2. The largest absolute Gasteiger partial charge is 0.373 e. The van der Waals surface area contributed by atoms with E-state index in [9.17, 15) is 22.0 Å². The summed E-state index contributed by atoms with van der Waals surface area (Å²) in [6.07, 6.45) is 1.58. The normalized spacial score (nSPS) is 21.0. The number of hydrogen-bond acceptors (Lipinski definition) is 4. The van der Waals surface area contributed by atoms with E-state index in [1.165, 1.54) is 18.2 Å². The highest BCUT2D eigenvalue weighted by Gasteiger charge is 2.37. The van der Waals surface area contributed by atoms with Gasteiger partial charge in [-0.15, -0.1) is 0 Å². The summed E-state index contributed by atoms with van der Waals surface area (Å²) in [5.41, 5.74) is 0.639. The van der Waals surface area contributed by atoms with E-state index >= 15 is 0 Å². The summed E-state index contributed by atoms with van der Waals surface area (Å²) in [6, 6.07) is 4.12. The van der Waals surface area contributed by atoms with E-state index in [2.05, 4.69) is 4.72 Å². The third-order valence-corrected chi connectivity index (χ3v) is 5.70. The molecule has 2 fully saturated rings. The van der Waals surface area contributed by atoms with Crippen molar-refractivity contribution < 1.29 is 26.7 Å². The number of ether oxygens (including phenoxy) is 1. The Hall–Kier alpha value is -1.58. The van der Waals surface area contributed by atoms with Crippen LogP contribution in [0.25, 0.3) is 0 Å². The Labute approximate surface area is 145 Å². The zero-order chi connectivity index (χ0) is 18.2. The second kappa shape index (κ2) is 6.62. The van der Waals surface area contributed by atoms with Crippen molar-refractivity contribution in [2.45, 2.75) is 36.6 Å². The lowest BCUT2D eigenvalue weighted by Crippen LogP contribution is -2.41. The molecule has 0 radical (unpaired) electrons. The van der Waals surface area contributed by atoms with E-state index in [4.69, 9.17) is 4.74 Å². The van der Waals surface area contributed by atoms with Gasteiger partial charge in [0.2, 0.25) is 10.0 Å². The van der Waals surface area contributed by atoms with Crippen molar-refractivity contribution in [3.05, 3.63) is 29.3 Å². The number of carbonyl (C=O) groups is 1. The van der Waals surface area contributed by atoms with Crippen LogP contribution in [0.5, 0.6) is 0 Å². The fourth-order valence-corrected chi connectivity index (χ4v) is 3.96. The monoisotopic (exact) mass is 374 g/mol. The van der Waals surface area contributed by atoms with Gasteiger partial charge < -0.3 is 9.64 Å². The Morgan fingerprint density at radius 3 is 2.76 bits per heavy atom. The molecule has 1 N–H and O–H groups in total. The zero-order valence-electron chi connectivity index (χ0n) is 13.8. The van der Waals surface area contributed by atoms with Crippen molar-refractivity contribution in [2.75, 3.05) is 26.3 Å². The molecule has 6 nitrogen and oxygen atoms in total. The minimum absolute atomic E-state index is 0.0155. The van der Waals surface area contributed by atoms with E-state index in [1.807, 2.05) is 0 Å². The second-order valence-corrected chi connectivity index (χ2v) is 8.22. The summed E-state index contributed by atoms with van der Waals surface area (Å²) in [7, 11) is -3.72. The Balaban J connectivity index is 1.87. The van der Waals surface area contributed by atoms with Crippen molar-refractivity contribution in [1.82, 2.24) is 9.62 Å². The zero-order valence-corrected chi connectivity index (χ0v) is 14.6. The van der Waals surface area contributed by atoms with Crippen LogP contribution in [0.15, 0.2) is 23.1 Å². The predicted molar refractivity (Wildman–Crippen MR) is 86.2 cm³/mol. The molecule has 1 aromatic rings. The number of benzene rings is 1. The van der Waals surface area contributed by atoms with Crippen LogP contribution in [-0.4, -0.2) is 57.5 Å². The first kappa shape index (κ1) is 18.2. The molecule has 1 aliphatic heterocycles. The first-order valence-corrected chi connectivity index (χ1v) is 9.54. The Bertz CT molecular complexity index is 778. The van der Waals surface area contributed by atoms with Gasteiger partial charge in [0.15, 0.2) is 0 Å². The van der Waals surface area contributed by atoms with Gasteiger partial charge in [0, 0.05) is 18.2 Å². The number of amides is 1. The lowest BCUT2D eigenvalue weighted by molar-refractivity contribution is -0.0660. The minimum atomic E-state index is -3.72. The molecular formula is C16H20F2N2O4S. The molecule has 25 heavy (non-hydrogen) atoms. The van der Waals surface area contributed by atoms with Gasteiger partial charge in [-0.3, -0.25) is 4.79 Å². The molecule has 2 aliphatic rings. The number of aryl methyl sites for hydroxylation is 1. The summed E-state index contributed by atoms with van der Waals surface area (Å²) in [5, 5.41) is 0. The van der Waals surface area contributed by atoms with Crippen molar-refractivity contribution in [2.24, 2.45) is 0 Å². The van der Waals surface area contributed by atoms with Crippen LogP contribution in [0.3, 0.4) is 0 Å². The van der Waals surface area contributed by atoms with Gasteiger partial charge in [-0.25, -0.2) is 21.9 Å². The number of alkyl halides is 2. The van der Waals surface area contributed by atoms with E-state index < -0.39 is 35.0 Å². The average molecular weight is 374 g/mol. The Morgan fingerprint density at radius 1 is 1.36 bits per heavy atom. The molecule has 0 unspecified atom stereocenters. The van der Waals surface area contributed by atoms with Crippen LogP contribution in [0, 0.1) is 6.92 Å². The third-order valence-electron chi connectivity index (χ3n) is 4.18. The quantitative estimate of drug-likeness (QED) is 0.868. The first-order chi connectivity index (χ1) is 11.7. The summed E-state index contributed by atoms with van der Waals surface area (Å²) in [5.74, 6) is -3.75. The number of rotatable bonds is 4. The van der Waals surface area contributed by atoms with Gasteiger partial charge in [0.05, 0.1) is 18.0 Å². The van der Waals surface area contributed by atoms with Crippen molar-refractivity contribution in [1.29, 1.82) is 0 Å². The number of hydrogen-bond donors (Lipinski definition) is 1. The van der Waals surface area contributed by atoms with Gasteiger partial charge in [-0.05, 0) is 37.5 Å². The summed E-state index contributed by atoms with van der Waals surface area (Å²) < 4.78 is 59.4. The molecule has 9 heteroatoms. The summed E-state index contributed by atoms with van der Waals surface area (Å²) in [6.45, 7) is 0.218. The third kappa shape index (κ3) is 4.34. The lowest BCUT2D eigenvalue weighted by Gasteiger charge is -2.24. The molecule has 1 aliphatic carbocycles. The van der Waals surface area contributed by atoms with Crippen molar-refractivity contribution in [3.63, 3.8) is 0 Å². The highest BCUT2D eigenvalue weighted by Crippen LogP contribution is 2.25. The van der Waals surface area contributed by atoms with Crippen LogP contribution < -0.4 is 4.72 Å². The lowest BCUT2D eigenvalue weighted by atomic mass is 10.1. The van der Waals surface area contributed by atoms with Crippen LogP contribution >= 0.6 is 0 Å². The molecule has 1 amide bonds. The van der Waals surface area contributed by atoms with Crippen LogP contribution in [0.4, 0.5) is 8.78 Å². The van der Waals surface area contributed by atoms with Crippen LogP contribution in [-0.2, 0) is 14.8 Å². The van der Waals surface area contributed by atoms with Gasteiger partial charge in [-0.2, -0.15) is 0 Å². The molecule has 1 saturated carbocycles.